The van der Waals surface area contributed by atoms with Crippen molar-refractivity contribution in [2.24, 2.45) is 46.3 Å². The molecule has 4 aliphatic rings. The third-order valence-corrected chi connectivity index (χ3v) is 12.1. The van der Waals surface area contributed by atoms with Gasteiger partial charge in [-0.25, -0.2) is 4.79 Å². The van der Waals surface area contributed by atoms with Crippen LogP contribution in [0.25, 0.3) is 0 Å². The molecule has 0 spiro atoms. The SMILES string of the molecule is CCCCC(OC=C(C)CCC[C@@H](C)[C@H]1CC[C@H]2[C@@H]3CCC4CCCC[C@]4(C)[C@H]3CC[C@]12C)C(=O)O. The van der Waals surface area contributed by atoms with Gasteiger partial charge in [0, 0.05) is 0 Å². The standard InChI is InChI=1S/C33H56O3/c1-6-7-14-30(31(34)35)36-22-23(2)11-10-12-24(3)27-17-18-28-26-16-15-25-13-8-9-20-32(25,4)29(26)19-21-33(27,28)5/h22,24-30H,6-21H2,1-5H3,(H,34,35)/t24-,25?,26+,27-,28+,29+,30?,32+,33-/m1/s1. The summed E-state index contributed by atoms with van der Waals surface area (Å²) in [7, 11) is 0. The molecule has 2 unspecified atom stereocenters. The van der Waals surface area contributed by atoms with E-state index < -0.39 is 12.1 Å². The second kappa shape index (κ2) is 11.8. The fraction of sp³-hybridized carbons (Fsp3) is 0.909. The van der Waals surface area contributed by atoms with Gasteiger partial charge >= 0.3 is 5.97 Å². The number of ether oxygens (including phenoxy) is 1. The molecule has 4 saturated carbocycles. The van der Waals surface area contributed by atoms with Crippen LogP contribution in [0.1, 0.15) is 137 Å². The first-order chi connectivity index (χ1) is 17.2. The second-order valence-electron chi connectivity index (χ2n) is 14.1. The van der Waals surface area contributed by atoms with Gasteiger partial charge in [0.15, 0.2) is 6.10 Å². The summed E-state index contributed by atoms with van der Waals surface area (Å²) in [5.41, 5.74) is 2.38. The van der Waals surface area contributed by atoms with Crippen molar-refractivity contribution in [1.82, 2.24) is 0 Å². The molecule has 4 aliphatic carbocycles. The number of fused-ring (bicyclic) bond motifs is 5. The van der Waals surface area contributed by atoms with Crippen molar-refractivity contribution >= 4 is 5.97 Å². The first-order valence-electron chi connectivity index (χ1n) is 15.7. The van der Waals surface area contributed by atoms with Crippen molar-refractivity contribution in [3.8, 4) is 0 Å². The molecule has 36 heavy (non-hydrogen) atoms. The Morgan fingerprint density at radius 1 is 0.972 bits per heavy atom. The lowest BCUT2D eigenvalue weighted by Gasteiger charge is -2.61. The molecule has 4 fully saturated rings. The molecule has 4 rings (SSSR count). The van der Waals surface area contributed by atoms with E-state index >= 15 is 0 Å². The van der Waals surface area contributed by atoms with Gasteiger partial charge in [0.1, 0.15) is 0 Å². The molecule has 0 amide bonds. The molecule has 9 atom stereocenters. The van der Waals surface area contributed by atoms with Crippen molar-refractivity contribution in [2.45, 2.75) is 143 Å². The van der Waals surface area contributed by atoms with Crippen LogP contribution in [0.4, 0.5) is 0 Å². The molecule has 0 aliphatic heterocycles. The number of carboxylic acid groups (broad SMARTS) is 1. The lowest BCUT2D eigenvalue weighted by atomic mass is 9.44. The highest BCUT2D eigenvalue weighted by atomic mass is 16.5. The van der Waals surface area contributed by atoms with E-state index in [4.69, 9.17) is 4.74 Å². The van der Waals surface area contributed by atoms with Crippen LogP contribution < -0.4 is 0 Å². The minimum absolute atomic E-state index is 0.556. The Morgan fingerprint density at radius 3 is 2.50 bits per heavy atom. The Kier molecular flexibility index (Phi) is 9.20. The second-order valence-corrected chi connectivity index (χ2v) is 14.1. The predicted octanol–water partition coefficient (Wildman–Crippen LogP) is 9.41. The molecule has 3 heteroatoms. The topological polar surface area (TPSA) is 46.5 Å². The third-order valence-electron chi connectivity index (χ3n) is 12.1. The quantitative estimate of drug-likeness (QED) is 0.287. The van der Waals surface area contributed by atoms with E-state index in [0.29, 0.717) is 17.3 Å². The minimum atomic E-state index is -0.842. The van der Waals surface area contributed by atoms with Crippen LogP contribution in [-0.2, 0) is 9.53 Å². The average molecular weight is 501 g/mol. The number of allylic oxidation sites excluding steroid dienone is 1. The van der Waals surface area contributed by atoms with E-state index in [-0.39, 0.29) is 0 Å². The van der Waals surface area contributed by atoms with Gasteiger partial charge in [-0.05, 0) is 136 Å². The Bertz CT molecular complexity index is 773. The van der Waals surface area contributed by atoms with Crippen LogP contribution in [0.15, 0.2) is 11.8 Å². The number of hydrogen-bond donors (Lipinski definition) is 1. The smallest absolute Gasteiger partial charge is 0.344 e. The fourth-order valence-electron chi connectivity index (χ4n) is 10.1. The maximum Gasteiger partial charge on any atom is 0.344 e. The van der Waals surface area contributed by atoms with E-state index in [2.05, 4.69) is 34.6 Å². The lowest BCUT2D eigenvalue weighted by molar-refractivity contribution is -0.147. The molecule has 0 saturated heterocycles. The number of hydrogen-bond acceptors (Lipinski definition) is 2. The number of carbonyl (C=O) groups is 1. The van der Waals surface area contributed by atoms with Gasteiger partial charge in [0.05, 0.1) is 6.26 Å². The van der Waals surface area contributed by atoms with Gasteiger partial charge in [-0.2, -0.15) is 0 Å². The van der Waals surface area contributed by atoms with E-state index in [1.165, 1.54) is 82.6 Å². The van der Waals surface area contributed by atoms with Crippen LogP contribution in [0.5, 0.6) is 0 Å². The van der Waals surface area contributed by atoms with Gasteiger partial charge in [0.25, 0.3) is 0 Å². The average Bonchev–Trinajstić information content (AvgIpc) is 3.20. The van der Waals surface area contributed by atoms with Gasteiger partial charge in [-0.3, -0.25) is 0 Å². The highest BCUT2D eigenvalue weighted by molar-refractivity contribution is 5.72. The summed E-state index contributed by atoms with van der Waals surface area (Å²) in [5, 5.41) is 9.39. The van der Waals surface area contributed by atoms with Crippen LogP contribution >= 0.6 is 0 Å². The van der Waals surface area contributed by atoms with Crippen molar-refractivity contribution in [2.75, 3.05) is 0 Å². The number of carboxylic acids is 1. The Hall–Kier alpha value is -0.990. The number of aliphatic carboxylic acids is 1. The molecule has 0 aromatic heterocycles. The molecule has 3 nitrogen and oxygen atoms in total. The largest absolute Gasteiger partial charge is 0.486 e. The third kappa shape index (κ3) is 5.56. The summed E-state index contributed by atoms with van der Waals surface area (Å²) < 4.78 is 5.65. The zero-order valence-electron chi connectivity index (χ0n) is 24.2. The maximum absolute atomic E-state index is 11.4. The van der Waals surface area contributed by atoms with Gasteiger partial charge < -0.3 is 9.84 Å². The molecule has 1 N–H and O–H groups in total. The predicted molar refractivity (Wildman–Crippen MR) is 149 cm³/mol. The molecule has 0 aromatic rings. The maximum atomic E-state index is 11.4. The van der Waals surface area contributed by atoms with E-state index in [1.54, 1.807) is 6.26 Å². The Labute approximate surface area is 222 Å². The zero-order chi connectivity index (χ0) is 25.9. The molecule has 0 radical (unpaired) electrons. The minimum Gasteiger partial charge on any atom is -0.486 e. The van der Waals surface area contributed by atoms with Crippen molar-refractivity contribution in [3.63, 3.8) is 0 Å². The summed E-state index contributed by atoms with van der Waals surface area (Å²) in [6.07, 6.45) is 21.9. The molecular formula is C33H56O3. The van der Waals surface area contributed by atoms with Crippen LogP contribution in [0.3, 0.4) is 0 Å². The van der Waals surface area contributed by atoms with Crippen LogP contribution in [0.2, 0.25) is 0 Å². The highest BCUT2D eigenvalue weighted by Gasteiger charge is 2.60. The summed E-state index contributed by atoms with van der Waals surface area (Å²) in [4.78, 5) is 11.4. The monoisotopic (exact) mass is 500 g/mol. The Balaban J connectivity index is 1.29. The first-order valence-corrected chi connectivity index (χ1v) is 15.7. The molecule has 206 valence electrons. The molecular weight excluding hydrogens is 444 g/mol. The molecule has 0 bridgehead atoms. The highest BCUT2D eigenvalue weighted by Crippen LogP contribution is 2.68. The van der Waals surface area contributed by atoms with Crippen LogP contribution in [-0.4, -0.2) is 17.2 Å². The van der Waals surface area contributed by atoms with Gasteiger partial charge in [-0.1, -0.05) is 53.4 Å². The number of rotatable bonds is 11. The van der Waals surface area contributed by atoms with Crippen molar-refractivity contribution < 1.29 is 14.6 Å². The first kappa shape index (κ1) is 28.0. The fourth-order valence-corrected chi connectivity index (χ4v) is 10.1. The van der Waals surface area contributed by atoms with Gasteiger partial charge in [0.2, 0.25) is 0 Å². The van der Waals surface area contributed by atoms with Crippen molar-refractivity contribution in [3.05, 3.63) is 11.8 Å². The summed E-state index contributed by atoms with van der Waals surface area (Å²) in [6.45, 7) is 12.1. The summed E-state index contributed by atoms with van der Waals surface area (Å²) in [5.74, 6) is 4.81. The summed E-state index contributed by atoms with van der Waals surface area (Å²) >= 11 is 0. The van der Waals surface area contributed by atoms with E-state index in [0.717, 1.165) is 54.8 Å². The van der Waals surface area contributed by atoms with Gasteiger partial charge in [-0.15, -0.1) is 0 Å². The Morgan fingerprint density at radius 2 is 1.75 bits per heavy atom. The van der Waals surface area contributed by atoms with E-state index in [1.807, 2.05) is 0 Å². The number of unbranched alkanes of at least 4 members (excludes halogenated alkanes) is 1. The zero-order valence-corrected chi connectivity index (χ0v) is 24.2. The van der Waals surface area contributed by atoms with E-state index in [9.17, 15) is 9.90 Å². The van der Waals surface area contributed by atoms with Crippen molar-refractivity contribution in [1.29, 1.82) is 0 Å². The lowest BCUT2D eigenvalue weighted by Crippen LogP contribution is -2.53. The van der Waals surface area contributed by atoms with Crippen LogP contribution in [0, 0.1) is 46.3 Å². The molecule has 0 heterocycles. The normalized spacial score (nSPS) is 40.0. The summed E-state index contributed by atoms with van der Waals surface area (Å²) in [6, 6.07) is 0. The molecule has 0 aromatic carbocycles.